The largest absolute Gasteiger partial charge is 2.00 e. The van der Waals surface area contributed by atoms with E-state index in [1.807, 2.05) is 0 Å². The molecule has 0 amide bonds. The van der Waals surface area contributed by atoms with Gasteiger partial charge in [0.25, 0.3) is 0 Å². The van der Waals surface area contributed by atoms with Crippen molar-refractivity contribution < 1.29 is 17.1 Å². The quantitative estimate of drug-likeness (QED) is 0.157. The zero-order chi connectivity index (χ0) is 30.1. The average Bonchev–Trinajstić information content (AvgIpc) is 3.11. The molecule has 0 spiro atoms. The van der Waals surface area contributed by atoms with Gasteiger partial charge in [0, 0.05) is 28.2 Å². The Hall–Kier alpha value is -0.581. The number of rotatable bonds is 12. The molecule has 4 saturated carbocycles. The fourth-order valence-electron chi connectivity index (χ4n) is 9.07. The second-order valence-corrected chi connectivity index (χ2v) is 21.0. The van der Waals surface area contributed by atoms with Crippen LogP contribution in [0.25, 0.3) is 10.6 Å². The van der Waals surface area contributed by atoms with E-state index in [0.29, 0.717) is 0 Å². The summed E-state index contributed by atoms with van der Waals surface area (Å²) < 4.78 is 0. The molecule has 5 heteroatoms. The van der Waals surface area contributed by atoms with Gasteiger partial charge in [-0.1, -0.05) is 99.4 Å². The number of nitrogens with zero attached hydrogens (tertiary/aromatic N) is 2. The molecule has 2 aromatic carbocycles. The first-order chi connectivity index (χ1) is 21.9. The third-order valence-corrected chi connectivity index (χ3v) is 19.5. The summed E-state index contributed by atoms with van der Waals surface area (Å²) in [4.78, 5) is 0. The van der Waals surface area contributed by atoms with Gasteiger partial charge in [-0.15, -0.1) is 11.4 Å². The van der Waals surface area contributed by atoms with E-state index in [0.717, 1.165) is 35.7 Å². The van der Waals surface area contributed by atoms with Gasteiger partial charge in [-0.05, 0) is 103 Å². The van der Waals surface area contributed by atoms with E-state index in [1.165, 1.54) is 152 Å². The van der Waals surface area contributed by atoms with E-state index < -0.39 is 0 Å². The van der Waals surface area contributed by atoms with Gasteiger partial charge in [-0.3, -0.25) is 0 Å². The number of para-hydroxylation sites is 2. The van der Waals surface area contributed by atoms with Crippen LogP contribution in [0.1, 0.15) is 128 Å². The molecule has 4 fully saturated rings. The van der Waals surface area contributed by atoms with E-state index in [2.05, 4.69) is 60.7 Å². The van der Waals surface area contributed by atoms with Crippen molar-refractivity contribution in [1.29, 1.82) is 0 Å². The smallest absolute Gasteiger partial charge is 0.682 e. The summed E-state index contributed by atoms with van der Waals surface area (Å²) in [7, 11) is -0.418. The normalized spacial score (nSPS) is 20.7. The molecule has 2 nitrogen and oxygen atoms in total. The molecule has 6 rings (SSSR count). The molecule has 0 heterocycles. The van der Waals surface area contributed by atoms with Crippen molar-refractivity contribution in [3.63, 3.8) is 0 Å². The second kappa shape index (κ2) is 22.1. The fraction of sp³-hybridized carbons (Fsp3) is 0.700. The Bertz CT molecular complexity index is 866. The molecule has 0 unspecified atom stereocenters. The maximum atomic E-state index is 4.86. The Kier molecular flexibility index (Phi) is 18.3. The predicted octanol–water partition coefficient (Wildman–Crippen LogP) is 13.1. The summed E-state index contributed by atoms with van der Waals surface area (Å²) in [6.07, 6.45) is 33.1. The van der Waals surface area contributed by atoms with Gasteiger partial charge in [-0.25, -0.2) is 0 Å². The standard InChI is InChI=1S/2C20H31NP.Fe/c2*1-4-10-18(11-5-1)21-16-17-22(19-12-6-2-7-13-19)20-14-8-3-9-15-20;/h2*1,4-5,10-11,19-20H,2-3,6-9,12-17H2;/q2*-1;+2/p+2. The van der Waals surface area contributed by atoms with E-state index in [4.69, 9.17) is 10.6 Å². The number of hydrogen-bond acceptors (Lipinski definition) is 0. The van der Waals surface area contributed by atoms with Crippen molar-refractivity contribution in [2.45, 2.75) is 151 Å². The predicted molar refractivity (Wildman–Crippen MR) is 203 cm³/mol. The molecular weight excluding hydrogens is 626 g/mol. The zero-order valence-corrected chi connectivity index (χ0v) is 31.4. The fourth-order valence-corrected chi connectivity index (χ4v) is 17.4. The Morgan fingerprint density at radius 3 is 0.933 bits per heavy atom. The number of benzene rings is 2. The van der Waals surface area contributed by atoms with Crippen LogP contribution < -0.4 is 0 Å². The molecule has 2 aromatic rings. The van der Waals surface area contributed by atoms with Gasteiger partial charge < -0.3 is 10.6 Å². The number of hydrogen-bond donors (Lipinski definition) is 0. The van der Waals surface area contributed by atoms with Gasteiger partial charge in [-0.2, -0.15) is 0 Å². The Morgan fingerprint density at radius 2 is 0.667 bits per heavy atom. The van der Waals surface area contributed by atoms with Gasteiger partial charge >= 0.3 is 17.1 Å². The SMILES string of the molecule is [Fe+2].c1ccc([N-]CC[PH+](C2CCCCC2)C2CCCCC2)cc1.c1ccc([N-]CC[PH+](C2CCCCC2)C2CCCCC2)cc1. The van der Waals surface area contributed by atoms with Crippen molar-refractivity contribution >= 4 is 27.2 Å². The summed E-state index contributed by atoms with van der Waals surface area (Å²) in [5, 5.41) is 9.72. The van der Waals surface area contributed by atoms with Crippen LogP contribution in [0.4, 0.5) is 11.4 Å². The molecule has 250 valence electrons. The Labute approximate surface area is 290 Å². The Balaban J connectivity index is 0.000000200. The molecule has 45 heavy (non-hydrogen) atoms. The van der Waals surface area contributed by atoms with Crippen molar-refractivity contribution in [2.75, 3.05) is 25.4 Å². The van der Waals surface area contributed by atoms with Gasteiger partial charge in [0.2, 0.25) is 0 Å². The van der Waals surface area contributed by atoms with E-state index in [1.54, 1.807) is 0 Å². The Morgan fingerprint density at radius 1 is 0.400 bits per heavy atom. The monoisotopic (exact) mass is 690 g/mol. The molecule has 0 N–H and O–H groups in total. The minimum absolute atomic E-state index is 0. The molecule has 4 aliphatic carbocycles. The van der Waals surface area contributed by atoms with E-state index in [-0.39, 0.29) is 32.9 Å². The van der Waals surface area contributed by atoms with Crippen LogP contribution in [0.2, 0.25) is 0 Å². The molecule has 4 aliphatic rings. The van der Waals surface area contributed by atoms with E-state index in [9.17, 15) is 0 Å². The first kappa shape index (κ1) is 37.2. The molecular formula is C40H64FeN2P2+2. The van der Waals surface area contributed by atoms with Gasteiger partial charge in [0.1, 0.15) is 0 Å². The van der Waals surface area contributed by atoms with Crippen molar-refractivity contribution in [3.05, 3.63) is 71.3 Å². The maximum absolute atomic E-state index is 4.86. The second-order valence-electron chi connectivity index (χ2n) is 14.4. The minimum Gasteiger partial charge on any atom is -0.682 e. The summed E-state index contributed by atoms with van der Waals surface area (Å²) in [5.41, 5.74) is 6.77. The van der Waals surface area contributed by atoms with Crippen LogP contribution in [-0.2, 0) is 17.1 Å². The average molecular weight is 691 g/mol. The van der Waals surface area contributed by atoms with Crippen LogP contribution in [0.15, 0.2) is 60.7 Å². The van der Waals surface area contributed by atoms with E-state index >= 15 is 0 Å². The third kappa shape index (κ3) is 13.1. The molecule has 0 bridgehead atoms. The molecule has 0 radical (unpaired) electrons. The van der Waals surface area contributed by atoms with Crippen LogP contribution >= 0.6 is 15.8 Å². The summed E-state index contributed by atoms with van der Waals surface area (Å²) in [6.45, 7) is 2.15. The molecule has 0 aromatic heterocycles. The first-order valence-corrected chi connectivity index (χ1v) is 22.8. The first-order valence-electron chi connectivity index (χ1n) is 19.0. The van der Waals surface area contributed by atoms with Crippen LogP contribution in [-0.4, -0.2) is 48.0 Å². The van der Waals surface area contributed by atoms with Gasteiger partial charge in [0.15, 0.2) is 0 Å². The van der Waals surface area contributed by atoms with Crippen molar-refractivity contribution in [1.82, 2.24) is 0 Å². The van der Waals surface area contributed by atoms with Crippen molar-refractivity contribution in [2.24, 2.45) is 0 Å². The molecule has 0 atom stereocenters. The van der Waals surface area contributed by atoms with Crippen LogP contribution in [0, 0.1) is 0 Å². The van der Waals surface area contributed by atoms with Crippen LogP contribution in [0.5, 0.6) is 0 Å². The topological polar surface area (TPSA) is 28.2 Å². The zero-order valence-electron chi connectivity index (χ0n) is 28.3. The third-order valence-electron chi connectivity index (χ3n) is 11.4. The minimum atomic E-state index is -0.209. The van der Waals surface area contributed by atoms with Crippen molar-refractivity contribution in [3.8, 4) is 0 Å². The van der Waals surface area contributed by atoms with Crippen LogP contribution in [0.3, 0.4) is 0 Å². The molecule has 0 aliphatic heterocycles. The van der Waals surface area contributed by atoms with Gasteiger partial charge in [0.05, 0.1) is 22.6 Å². The summed E-state index contributed by atoms with van der Waals surface area (Å²) in [5.74, 6) is 0. The maximum Gasteiger partial charge on any atom is 2.00 e. The molecule has 0 saturated heterocycles. The summed E-state index contributed by atoms with van der Waals surface area (Å²) in [6, 6.07) is 21.2. The summed E-state index contributed by atoms with van der Waals surface area (Å²) >= 11 is 0.